The van der Waals surface area contributed by atoms with Crippen LogP contribution in [0.2, 0.25) is 19.6 Å². The third-order valence-corrected chi connectivity index (χ3v) is 10.2. The van der Waals surface area contributed by atoms with Gasteiger partial charge in [-0.2, -0.15) is 0 Å². The summed E-state index contributed by atoms with van der Waals surface area (Å²) < 4.78 is 28.1. The summed E-state index contributed by atoms with van der Waals surface area (Å²) in [7, 11) is -1.38. The van der Waals surface area contributed by atoms with E-state index in [0.29, 0.717) is 5.92 Å². The number of nitrogens with zero attached hydrogens (tertiary/aromatic N) is 2. The van der Waals surface area contributed by atoms with Gasteiger partial charge in [-0.05, 0) is 54.2 Å². The molecule has 1 radical (unpaired) electrons. The minimum atomic E-state index is -2.09. The molecule has 3 aromatic heterocycles. The molecule has 6 aromatic rings. The van der Waals surface area contributed by atoms with Crippen LogP contribution >= 0.6 is 0 Å². The van der Waals surface area contributed by atoms with Gasteiger partial charge in [-0.1, -0.05) is 91.4 Å². The molecular weight excluding hydrogens is 721 g/mol. The third kappa shape index (κ3) is 7.07. The maximum atomic E-state index is 7.23. The Morgan fingerprint density at radius 2 is 1.63 bits per heavy atom. The molecule has 221 valence electrons. The molecule has 3 heterocycles. The van der Waals surface area contributed by atoms with E-state index in [0.717, 1.165) is 39.1 Å². The molecule has 1 saturated carbocycles. The van der Waals surface area contributed by atoms with Crippen molar-refractivity contribution >= 4 is 35.2 Å². The summed E-state index contributed by atoms with van der Waals surface area (Å²) in [6, 6.07) is 32.4. The molecule has 3 nitrogen and oxygen atoms in total. The first-order valence-corrected chi connectivity index (χ1v) is 18.4. The van der Waals surface area contributed by atoms with Gasteiger partial charge in [0, 0.05) is 42.0 Å². The molecule has 0 aliphatic heterocycles. The van der Waals surface area contributed by atoms with Gasteiger partial charge in [0.05, 0.1) is 13.7 Å². The van der Waals surface area contributed by atoms with Crippen molar-refractivity contribution in [2.45, 2.75) is 64.5 Å². The zero-order chi connectivity index (χ0) is 31.6. The standard InChI is InChI=1S/C26H28NOSi.C12H10N.Ir/c1-29(2,3)20-13-14-21-22-10-7-11-23(26(22)28-25(21)16-20)24-15-12-19(17-27-24)18-8-5-4-6-9-18;1-10-7-8-12(13-9-10)11-5-3-2-4-6-11;/h7,10,12-18H,4-6,8-9H2,1-3H3;2-5,7-9H,1H3;/q2*-1;/i;1D3;. The van der Waals surface area contributed by atoms with Gasteiger partial charge in [-0.3, -0.25) is 0 Å². The molecule has 5 heteroatoms. The Bertz CT molecular complexity index is 1890. The van der Waals surface area contributed by atoms with Gasteiger partial charge in [-0.15, -0.1) is 54.1 Å². The zero-order valence-electron chi connectivity index (χ0n) is 27.9. The average Bonchev–Trinajstić information content (AvgIpc) is 3.44. The Hall–Kier alpha value is -3.37. The molecule has 1 aliphatic rings. The first-order valence-electron chi connectivity index (χ1n) is 16.4. The normalized spacial score (nSPS) is 15.1. The molecule has 1 fully saturated rings. The van der Waals surface area contributed by atoms with Crippen LogP contribution in [0.15, 0.2) is 95.7 Å². The smallest absolute Gasteiger partial charge is 0.120 e. The van der Waals surface area contributed by atoms with Crippen LogP contribution in [0.4, 0.5) is 0 Å². The van der Waals surface area contributed by atoms with Gasteiger partial charge in [0.15, 0.2) is 0 Å². The number of pyridine rings is 2. The van der Waals surface area contributed by atoms with Gasteiger partial charge >= 0.3 is 0 Å². The van der Waals surface area contributed by atoms with Crippen LogP contribution in [0, 0.1) is 19.0 Å². The van der Waals surface area contributed by atoms with Gasteiger partial charge in [0.25, 0.3) is 0 Å². The Kier molecular flexibility index (Phi) is 8.54. The van der Waals surface area contributed by atoms with Gasteiger partial charge < -0.3 is 14.4 Å². The van der Waals surface area contributed by atoms with Crippen molar-refractivity contribution in [3.8, 4) is 22.5 Å². The van der Waals surface area contributed by atoms with Crippen molar-refractivity contribution in [1.82, 2.24) is 9.97 Å². The van der Waals surface area contributed by atoms with E-state index in [9.17, 15) is 0 Å². The number of rotatable bonds is 4. The summed E-state index contributed by atoms with van der Waals surface area (Å²) in [5, 5.41) is 3.75. The molecule has 0 atom stereocenters. The fourth-order valence-corrected chi connectivity index (χ4v) is 6.88. The van der Waals surface area contributed by atoms with E-state index in [1.807, 2.05) is 24.3 Å². The number of furan rings is 1. The summed E-state index contributed by atoms with van der Waals surface area (Å²) in [6.45, 7) is 5.02. The molecule has 0 amide bonds. The first kappa shape index (κ1) is 27.2. The first-order chi connectivity index (χ1) is 21.6. The van der Waals surface area contributed by atoms with Gasteiger partial charge in [0.2, 0.25) is 0 Å². The second-order valence-corrected chi connectivity index (χ2v) is 17.3. The Morgan fingerprint density at radius 1 is 0.814 bits per heavy atom. The molecule has 0 saturated heterocycles. The molecule has 7 rings (SSSR count). The second-order valence-electron chi connectivity index (χ2n) is 12.2. The van der Waals surface area contributed by atoms with Gasteiger partial charge in [0.1, 0.15) is 5.58 Å². The Balaban J connectivity index is 0.000000209. The monoisotopic (exact) mass is 762 g/mol. The fourth-order valence-electron chi connectivity index (χ4n) is 5.73. The van der Waals surface area contributed by atoms with Crippen LogP contribution in [-0.2, 0) is 20.1 Å². The molecule has 0 unspecified atom stereocenters. The summed E-state index contributed by atoms with van der Waals surface area (Å²) >= 11 is 0. The van der Waals surface area contributed by atoms with Crippen molar-refractivity contribution in [3.05, 3.63) is 115 Å². The van der Waals surface area contributed by atoms with E-state index in [2.05, 4.69) is 79.4 Å². The molecule has 0 N–H and O–H groups in total. The van der Waals surface area contributed by atoms with E-state index in [4.69, 9.17) is 13.5 Å². The number of aromatic nitrogens is 2. The Labute approximate surface area is 274 Å². The SMILES string of the molecule is C[Si](C)(C)c1ccc2c(c1)oc1c(-c3ccc(C4CCCCC4)cn3)[c-]ccc12.[2H]C([2H])([2H])c1ccc(-c2[c-]cccc2)nc1.[Ir]. The largest absolute Gasteiger partial charge is 0.501 e. The van der Waals surface area contributed by atoms with Crippen LogP contribution in [0.3, 0.4) is 0 Å². The summed E-state index contributed by atoms with van der Waals surface area (Å²) in [5.41, 5.74) is 7.00. The van der Waals surface area contributed by atoms with E-state index >= 15 is 0 Å². The molecule has 1 aliphatic carbocycles. The van der Waals surface area contributed by atoms with Crippen LogP contribution in [0.25, 0.3) is 44.5 Å². The van der Waals surface area contributed by atoms with Crippen LogP contribution in [0.1, 0.15) is 53.3 Å². The van der Waals surface area contributed by atoms with Crippen LogP contribution in [0.5, 0.6) is 0 Å². The predicted molar refractivity (Wildman–Crippen MR) is 178 cm³/mol. The van der Waals surface area contributed by atoms with Crippen LogP contribution in [-0.4, -0.2) is 18.0 Å². The van der Waals surface area contributed by atoms with E-state index in [1.54, 1.807) is 18.2 Å². The number of fused-ring (bicyclic) bond motifs is 3. The zero-order valence-corrected chi connectivity index (χ0v) is 28.3. The number of hydrogen-bond donors (Lipinski definition) is 0. The van der Waals surface area contributed by atoms with Crippen molar-refractivity contribution < 1.29 is 28.6 Å². The molecule has 0 bridgehead atoms. The molecular formula is C38H38IrN2OSi-2. The van der Waals surface area contributed by atoms with Crippen molar-refractivity contribution in [2.24, 2.45) is 0 Å². The third-order valence-electron chi connectivity index (χ3n) is 8.17. The maximum absolute atomic E-state index is 7.23. The number of aryl methyl sites for hydroxylation is 1. The molecule has 43 heavy (non-hydrogen) atoms. The summed E-state index contributed by atoms with van der Waals surface area (Å²) in [4.78, 5) is 8.94. The van der Waals surface area contributed by atoms with E-state index in [1.165, 1.54) is 54.4 Å². The number of hydrogen-bond acceptors (Lipinski definition) is 3. The number of benzene rings is 3. The minimum Gasteiger partial charge on any atom is -0.501 e. The summed E-state index contributed by atoms with van der Waals surface area (Å²) in [6.07, 6.45) is 10.1. The van der Waals surface area contributed by atoms with Crippen molar-refractivity contribution in [1.29, 1.82) is 0 Å². The minimum absolute atomic E-state index is 0. The molecule has 3 aromatic carbocycles. The quantitative estimate of drug-likeness (QED) is 0.133. The van der Waals surface area contributed by atoms with Crippen molar-refractivity contribution in [2.75, 3.05) is 0 Å². The molecule has 0 spiro atoms. The van der Waals surface area contributed by atoms with Crippen LogP contribution < -0.4 is 5.19 Å². The predicted octanol–water partition coefficient (Wildman–Crippen LogP) is 9.90. The van der Waals surface area contributed by atoms with E-state index < -0.39 is 14.9 Å². The van der Waals surface area contributed by atoms with E-state index in [-0.39, 0.29) is 25.7 Å². The summed E-state index contributed by atoms with van der Waals surface area (Å²) in [5.74, 6) is 0.677. The van der Waals surface area contributed by atoms with Crippen molar-refractivity contribution in [3.63, 3.8) is 0 Å². The Morgan fingerprint density at radius 3 is 2.30 bits per heavy atom. The van der Waals surface area contributed by atoms with Gasteiger partial charge in [-0.25, -0.2) is 0 Å². The maximum Gasteiger partial charge on any atom is 0.120 e. The second kappa shape index (κ2) is 13.5. The average molecular weight is 762 g/mol. The fraction of sp³-hybridized carbons (Fsp3) is 0.263. The topological polar surface area (TPSA) is 38.9 Å².